The largest absolute Gasteiger partial charge is 0.481 e. The summed E-state index contributed by atoms with van der Waals surface area (Å²) in [5, 5.41) is 5.17. The van der Waals surface area contributed by atoms with E-state index >= 15 is 0 Å². The highest BCUT2D eigenvalue weighted by Gasteiger charge is 2.10. The molecule has 0 fully saturated rings. The summed E-state index contributed by atoms with van der Waals surface area (Å²) in [6.07, 6.45) is 0. The summed E-state index contributed by atoms with van der Waals surface area (Å²) < 4.78 is 19.3. The van der Waals surface area contributed by atoms with Crippen LogP contribution in [0.4, 0.5) is 10.1 Å². The van der Waals surface area contributed by atoms with Crippen LogP contribution in [0.3, 0.4) is 0 Å². The van der Waals surface area contributed by atoms with E-state index in [1.165, 1.54) is 12.1 Å². The lowest BCUT2D eigenvalue weighted by Crippen LogP contribution is -2.36. The molecule has 0 saturated heterocycles. The molecule has 25 heavy (non-hydrogen) atoms. The summed E-state index contributed by atoms with van der Waals surface area (Å²) in [4.78, 5) is 23.6. The lowest BCUT2D eigenvalue weighted by molar-refractivity contribution is -0.125. The molecule has 0 aliphatic heterocycles. The number of aryl methyl sites for hydroxylation is 1. The highest BCUT2D eigenvalue weighted by Crippen LogP contribution is 2.21. The summed E-state index contributed by atoms with van der Waals surface area (Å²) in [5.74, 6) is -1.47. The molecule has 0 unspecified atom stereocenters. The van der Waals surface area contributed by atoms with Gasteiger partial charge in [-0.1, -0.05) is 28.1 Å². The molecule has 0 bridgehead atoms. The van der Waals surface area contributed by atoms with E-state index in [0.29, 0.717) is 10.2 Å². The molecular formula is C18H18BrFN2O3. The van der Waals surface area contributed by atoms with E-state index in [0.717, 1.165) is 11.1 Å². The summed E-state index contributed by atoms with van der Waals surface area (Å²) in [6, 6.07) is 9.85. The van der Waals surface area contributed by atoms with Crippen LogP contribution in [0.1, 0.15) is 11.1 Å². The molecule has 7 heteroatoms. The minimum absolute atomic E-state index is 0.0295. The molecule has 0 atom stereocenters. The van der Waals surface area contributed by atoms with Crippen molar-refractivity contribution in [2.75, 3.05) is 18.5 Å². The molecule has 2 aromatic rings. The van der Waals surface area contributed by atoms with Gasteiger partial charge in [0.15, 0.2) is 18.2 Å². The fraction of sp³-hybridized carbons (Fsp3) is 0.222. The number of benzene rings is 2. The molecule has 0 aromatic heterocycles. The highest BCUT2D eigenvalue weighted by molar-refractivity contribution is 9.10. The lowest BCUT2D eigenvalue weighted by atomic mass is 10.1. The Balaban J connectivity index is 1.79. The van der Waals surface area contributed by atoms with E-state index in [2.05, 4.69) is 26.6 Å². The van der Waals surface area contributed by atoms with Crippen molar-refractivity contribution in [1.82, 2.24) is 5.32 Å². The number of anilines is 1. The third kappa shape index (κ3) is 5.56. The molecular weight excluding hydrogens is 391 g/mol. The lowest BCUT2D eigenvalue weighted by Gasteiger charge is -2.11. The minimum atomic E-state index is -0.574. The van der Waals surface area contributed by atoms with Crippen molar-refractivity contribution in [3.63, 3.8) is 0 Å². The monoisotopic (exact) mass is 408 g/mol. The number of carbonyl (C=O) groups excluding carboxylic acids is 2. The van der Waals surface area contributed by atoms with E-state index < -0.39 is 11.7 Å². The Kier molecular flexibility index (Phi) is 6.52. The van der Waals surface area contributed by atoms with Gasteiger partial charge in [-0.2, -0.15) is 0 Å². The number of rotatable bonds is 6. The average Bonchev–Trinajstić information content (AvgIpc) is 2.56. The summed E-state index contributed by atoms with van der Waals surface area (Å²) >= 11 is 3.13. The Labute approximate surface area is 153 Å². The van der Waals surface area contributed by atoms with Crippen LogP contribution in [0.2, 0.25) is 0 Å². The van der Waals surface area contributed by atoms with Crippen LogP contribution in [0, 0.1) is 19.7 Å². The van der Waals surface area contributed by atoms with E-state index in [1.807, 2.05) is 26.0 Å². The fourth-order valence-electron chi connectivity index (χ4n) is 2.05. The van der Waals surface area contributed by atoms with Crippen molar-refractivity contribution >= 4 is 33.4 Å². The van der Waals surface area contributed by atoms with Gasteiger partial charge in [0.2, 0.25) is 5.91 Å². The zero-order valence-electron chi connectivity index (χ0n) is 13.9. The fourth-order valence-corrected chi connectivity index (χ4v) is 2.38. The van der Waals surface area contributed by atoms with Crippen LogP contribution in [0.15, 0.2) is 40.9 Å². The van der Waals surface area contributed by atoms with Crippen molar-refractivity contribution in [3.8, 4) is 5.75 Å². The first-order chi connectivity index (χ1) is 11.9. The second kappa shape index (κ2) is 8.62. The molecule has 5 nitrogen and oxygen atoms in total. The molecule has 0 heterocycles. The second-order valence-corrected chi connectivity index (χ2v) is 6.35. The number of halogens is 2. The molecule has 0 radical (unpaired) electrons. The van der Waals surface area contributed by atoms with Gasteiger partial charge >= 0.3 is 0 Å². The Bertz CT molecular complexity index is 796. The maximum atomic E-state index is 13.6. The maximum Gasteiger partial charge on any atom is 0.258 e. The number of nitrogens with one attached hydrogen (secondary N) is 2. The van der Waals surface area contributed by atoms with Crippen molar-refractivity contribution < 1.29 is 18.7 Å². The van der Waals surface area contributed by atoms with Gasteiger partial charge in [-0.05, 0) is 49.2 Å². The van der Waals surface area contributed by atoms with Crippen molar-refractivity contribution in [2.24, 2.45) is 0 Å². The van der Waals surface area contributed by atoms with E-state index in [9.17, 15) is 14.0 Å². The van der Waals surface area contributed by atoms with Crippen LogP contribution in [0.5, 0.6) is 5.75 Å². The molecule has 132 valence electrons. The smallest absolute Gasteiger partial charge is 0.258 e. The van der Waals surface area contributed by atoms with E-state index in [1.54, 1.807) is 12.1 Å². The Morgan fingerprint density at radius 2 is 1.92 bits per heavy atom. The van der Waals surface area contributed by atoms with Crippen LogP contribution in [-0.2, 0) is 9.59 Å². The van der Waals surface area contributed by atoms with Gasteiger partial charge in [-0.3, -0.25) is 9.59 Å². The SMILES string of the molecule is Cc1cccc(NC(=O)CNC(=O)COc2ccc(Br)cc2F)c1C. The van der Waals surface area contributed by atoms with Crippen LogP contribution < -0.4 is 15.4 Å². The van der Waals surface area contributed by atoms with Crippen LogP contribution in [0.25, 0.3) is 0 Å². The number of amides is 2. The third-order valence-electron chi connectivity index (χ3n) is 3.58. The van der Waals surface area contributed by atoms with E-state index in [-0.39, 0.29) is 24.8 Å². The molecule has 2 rings (SSSR count). The van der Waals surface area contributed by atoms with Gasteiger partial charge in [0.05, 0.1) is 6.54 Å². The second-order valence-electron chi connectivity index (χ2n) is 5.44. The molecule has 2 amide bonds. The topological polar surface area (TPSA) is 67.4 Å². The summed E-state index contributed by atoms with van der Waals surface area (Å²) in [7, 11) is 0. The average molecular weight is 409 g/mol. The first-order valence-corrected chi connectivity index (χ1v) is 8.36. The molecule has 0 aliphatic carbocycles. The normalized spacial score (nSPS) is 10.2. The number of carbonyl (C=O) groups is 2. The predicted molar refractivity (Wildman–Crippen MR) is 97.2 cm³/mol. The number of ether oxygens (including phenoxy) is 1. The van der Waals surface area contributed by atoms with Gasteiger partial charge in [-0.15, -0.1) is 0 Å². The molecule has 0 saturated carbocycles. The Morgan fingerprint density at radius 1 is 1.16 bits per heavy atom. The van der Waals surface area contributed by atoms with Crippen molar-refractivity contribution in [1.29, 1.82) is 0 Å². The van der Waals surface area contributed by atoms with Gasteiger partial charge in [0, 0.05) is 10.2 Å². The highest BCUT2D eigenvalue weighted by atomic mass is 79.9. The Hall–Kier alpha value is -2.41. The van der Waals surface area contributed by atoms with Gasteiger partial charge < -0.3 is 15.4 Å². The summed E-state index contributed by atoms with van der Waals surface area (Å²) in [6.45, 7) is 3.28. The summed E-state index contributed by atoms with van der Waals surface area (Å²) in [5.41, 5.74) is 2.73. The molecule has 0 aliphatic rings. The minimum Gasteiger partial charge on any atom is -0.481 e. The predicted octanol–water partition coefficient (Wildman–Crippen LogP) is 3.34. The number of hydrogen-bond donors (Lipinski definition) is 2. The van der Waals surface area contributed by atoms with Crippen LogP contribution in [-0.4, -0.2) is 25.0 Å². The molecule has 2 aromatic carbocycles. The molecule has 2 N–H and O–H groups in total. The zero-order chi connectivity index (χ0) is 18.4. The maximum absolute atomic E-state index is 13.6. The van der Waals surface area contributed by atoms with Crippen molar-refractivity contribution in [2.45, 2.75) is 13.8 Å². The van der Waals surface area contributed by atoms with Crippen LogP contribution >= 0.6 is 15.9 Å². The van der Waals surface area contributed by atoms with Gasteiger partial charge in [0.1, 0.15) is 0 Å². The van der Waals surface area contributed by atoms with Gasteiger partial charge in [0.25, 0.3) is 5.91 Å². The first-order valence-electron chi connectivity index (χ1n) is 7.57. The first kappa shape index (κ1) is 18.9. The van der Waals surface area contributed by atoms with E-state index in [4.69, 9.17) is 4.74 Å². The molecule has 0 spiro atoms. The Morgan fingerprint density at radius 3 is 2.64 bits per heavy atom. The quantitative estimate of drug-likeness (QED) is 0.769. The zero-order valence-corrected chi connectivity index (χ0v) is 15.4. The van der Waals surface area contributed by atoms with Gasteiger partial charge in [-0.25, -0.2) is 4.39 Å². The number of hydrogen-bond acceptors (Lipinski definition) is 3. The van der Waals surface area contributed by atoms with Crippen molar-refractivity contribution in [3.05, 3.63) is 57.8 Å². The third-order valence-corrected chi connectivity index (χ3v) is 4.07. The standard InChI is InChI=1S/C18H18BrFN2O3/c1-11-4-3-5-15(12(11)2)22-17(23)9-21-18(24)10-25-16-7-6-13(19)8-14(16)20/h3-8H,9-10H2,1-2H3,(H,21,24)(H,22,23).